The summed E-state index contributed by atoms with van der Waals surface area (Å²) in [5.74, 6) is 0. The van der Waals surface area contributed by atoms with Gasteiger partial charge in [-0.05, 0) is 32.4 Å². The van der Waals surface area contributed by atoms with Gasteiger partial charge in [-0.25, -0.2) is 18.1 Å². The maximum absolute atomic E-state index is 12.1. The van der Waals surface area contributed by atoms with Gasteiger partial charge in [-0.3, -0.25) is 4.68 Å². The summed E-state index contributed by atoms with van der Waals surface area (Å²) < 4.78 is 28.5. The molecule has 0 saturated carbocycles. The van der Waals surface area contributed by atoms with Crippen molar-refractivity contribution >= 4 is 33.5 Å². The van der Waals surface area contributed by atoms with Gasteiger partial charge in [-0.2, -0.15) is 5.10 Å². The van der Waals surface area contributed by atoms with Crippen molar-refractivity contribution in [1.82, 2.24) is 19.5 Å². The first-order valence-corrected chi connectivity index (χ1v) is 7.93. The third kappa shape index (κ3) is 3.91. The van der Waals surface area contributed by atoms with E-state index in [1.807, 2.05) is 6.92 Å². The van der Waals surface area contributed by atoms with Crippen LogP contribution in [0.15, 0.2) is 17.2 Å². The number of sulfonamides is 1. The number of nitrogens with two attached hydrogens (primary N) is 1. The number of aryl methyl sites for hydroxylation is 2. The Morgan fingerprint density at radius 1 is 1.38 bits per heavy atom. The lowest BCUT2D eigenvalue weighted by Crippen LogP contribution is -2.25. The Morgan fingerprint density at radius 3 is 2.76 bits per heavy atom. The third-order valence-corrected chi connectivity index (χ3v) is 4.50. The van der Waals surface area contributed by atoms with Crippen molar-refractivity contribution in [2.75, 3.05) is 13.1 Å². The second-order valence-electron chi connectivity index (χ2n) is 4.64. The van der Waals surface area contributed by atoms with Gasteiger partial charge in [0.1, 0.15) is 4.90 Å². The standard InChI is InChI=1S/C12H19N5O2S.ClH/c1-9-11-7-10(8-14-12(11)17(2)16-9)20(18,19)15-6-4-3-5-13;/h7-8,15H,3-6,13H2,1-2H3;1H. The summed E-state index contributed by atoms with van der Waals surface area (Å²) in [5.41, 5.74) is 6.80. The van der Waals surface area contributed by atoms with Crippen molar-refractivity contribution in [3.8, 4) is 0 Å². The molecule has 0 aliphatic carbocycles. The van der Waals surface area contributed by atoms with Gasteiger partial charge in [0.2, 0.25) is 10.0 Å². The fourth-order valence-electron chi connectivity index (χ4n) is 1.99. The number of aromatic nitrogens is 3. The molecule has 0 fully saturated rings. The fourth-order valence-corrected chi connectivity index (χ4v) is 3.04. The van der Waals surface area contributed by atoms with Crippen molar-refractivity contribution in [1.29, 1.82) is 0 Å². The normalized spacial score (nSPS) is 11.6. The molecule has 118 valence electrons. The van der Waals surface area contributed by atoms with Gasteiger partial charge in [0.25, 0.3) is 0 Å². The molecule has 0 aliphatic heterocycles. The average Bonchev–Trinajstić information content (AvgIpc) is 2.70. The minimum atomic E-state index is -3.53. The highest BCUT2D eigenvalue weighted by molar-refractivity contribution is 7.89. The fraction of sp³-hybridized carbons (Fsp3) is 0.500. The van der Waals surface area contributed by atoms with E-state index in [4.69, 9.17) is 5.73 Å². The zero-order valence-electron chi connectivity index (χ0n) is 12.0. The number of hydrogen-bond donors (Lipinski definition) is 2. The summed E-state index contributed by atoms with van der Waals surface area (Å²) in [4.78, 5) is 4.33. The second kappa shape index (κ2) is 7.17. The molecule has 7 nitrogen and oxygen atoms in total. The Hall–Kier alpha value is -1.22. The molecular formula is C12H20ClN5O2S. The number of halogens is 1. The molecule has 0 unspecified atom stereocenters. The van der Waals surface area contributed by atoms with Crippen LogP contribution in [0.5, 0.6) is 0 Å². The SMILES string of the molecule is Cc1nn(C)c2ncc(S(=O)(=O)NCCCCN)cc12.Cl. The largest absolute Gasteiger partial charge is 0.330 e. The van der Waals surface area contributed by atoms with E-state index < -0.39 is 10.0 Å². The molecule has 2 aromatic rings. The zero-order valence-corrected chi connectivity index (χ0v) is 13.7. The Bertz CT molecular complexity index is 714. The van der Waals surface area contributed by atoms with Crippen LogP contribution in [0.3, 0.4) is 0 Å². The van der Waals surface area contributed by atoms with Gasteiger partial charge in [-0.15, -0.1) is 12.4 Å². The predicted octanol–water partition coefficient (Wildman–Crippen LogP) is 0.716. The highest BCUT2D eigenvalue weighted by atomic mass is 35.5. The van der Waals surface area contributed by atoms with Crippen LogP contribution in [0.1, 0.15) is 18.5 Å². The van der Waals surface area contributed by atoms with Crippen molar-refractivity contribution < 1.29 is 8.42 Å². The van der Waals surface area contributed by atoms with E-state index in [0.29, 0.717) is 18.7 Å². The number of nitrogens with zero attached hydrogens (tertiary/aromatic N) is 3. The average molecular weight is 334 g/mol. The lowest BCUT2D eigenvalue weighted by Gasteiger charge is -2.06. The monoisotopic (exact) mass is 333 g/mol. The van der Waals surface area contributed by atoms with Crippen molar-refractivity contribution in [2.45, 2.75) is 24.7 Å². The van der Waals surface area contributed by atoms with Crippen LogP contribution in [-0.4, -0.2) is 36.3 Å². The van der Waals surface area contributed by atoms with Crippen LogP contribution in [-0.2, 0) is 17.1 Å². The van der Waals surface area contributed by atoms with Crippen LogP contribution in [0.25, 0.3) is 11.0 Å². The zero-order chi connectivity index (χ0) is 14.8. The summed E-state index contributed by atoms with van der Waals surface area (Å²) in [6, 6.07) is 1.61. The quantitative estimate of drug-likeness (QED) is 0.758. The van der Waals surface area contributed by atoms with Crippen molar-refractivity contribution in [3.05, 3.63) is 18.0 Å². The van der Waals surface area contributed by atoms with Gasteiger partial charge in [0.15, 0.2) is 5.65 Å². The molecule has 2 rings (SSSR count). The number of fused-ring (bicyclic) bond motifs is 1. The smallest absolute Gasteiger partial charge is 0.242 e. The number of rotatable bonds is 6. The molecule has 0 spiro atoms. The third-order valence-electron chi connectivity index (χ3n) is 3.07. The highest BCUT2D eigenvalue weighted by Gasteiger charge is 2.16. The molecule has 0 aromatic carbocycles. The molecule has 9 heteroatoms. The van der Waals surface area contributed by atoms with Crippen LogP contribution < -0.4 is 10.5 Å². The molecule has 0 saturated heterocycles. The summed E-state index contributed by atoms with van der Waals surface area (Å²) in [7, 11) is -1.75. The van der Waals surface area contributed by atoms with Crippen LogP contribution in [0.2, 0.25) is 0 Å². The van der Waals surface area contributed by atoms with Gasteiger partial charge in [0.05, 0.1) is 5.69 Å². The first-order valence-electron chi connectivity index (χ1n) is 6.45. The molecule has 0 radical (unpaired) electrons. The van der Waals surface area contributed by atoms with Crippen LogP contribution in [0.4, 0.5) is 0 Å². The van der Waals surface area contributed by atoms with E-state index in [1.54, 1.807) is 17.8 Å². The molecular weight excluding hydrogens is 314 g/mol. The minimum Gasteiger partial charge on any atom is -0.330 e. The van der Waals surface area contributed by atoms with Crippen molar-refractivity contribution in [3.63, 3.8) is 0 Å². The predicted molar refractivity (Wildman–Crippen MR) is 84.0 cm³/mol. The first-order chi connectivity index (χ1) is 9.45. The highest BCUT2D eigenvalue weighted by Crippen LogP contribution is 2.19. The van der Waals surface area contributed by atoms with Crippen molar-refractivity contribution in [2.24, 2.45) is 12.8 Å². The van der Waals surface area contributed by atoms with Gasteiger partial charge in [-0.1, -0.05) is 0 Å². The lowest BCUT2D eigenvalue weighted by molar-refractivity contribution is 0.577. The molecule has 2 heterocycles. The molecule has 2 aromatic heterocycles. The molecule has 0 aliphatic rings. The van der Waals surface area contributed by atoms with E-state index in [0.717, 1.165) is 23.9 Å². The number of nitrogens with one attached hydrogen (secondary N) is 1. The summed E-state index contributed by atoms with van der Waals surface area (Å²) >= 11 is 0. The lowest BCUT2D eigenvalue weighted by atomic mass is 10.3. The number of unbranched alkanes of at least 4 members (excludes halogenated alkanes) is 1. The van der Waals surface area contributed by atoms with E-state index in [2.05, 4.69) is 14.8 Å². The van der Waals surface area contributed by atoms with Crippen LogP contribution >= 0.6 is 12.4 Å². The number of pyridine rings is 1. The summed E-state index contributed by atoms with van der Waals surface area (Å²) in [5, 5.41) is 4.97. The van der Waals surface area contributed by atoms with Gasteiger partial charge < -0.3 is 5.73 Å². The Balaban J connectivity index is 0.00000220. The molecule has 0 bridgehead atoms. The second-order valence-corrected chi connectivity index (χ2v) is 6.41. The topological polar surface area (TPSA) is 103 Å². The van der Waals surface area contributed by atoms with E-state index >= 15 is 0 Å². The van der Waals surface area contributed by atoms with Crippen LogP contribution in [0, 0.1) is 6.92 Å². The summed E-state index contributed by atoms with van der Waals surface area (Å²) in [6.45, 7) is 2.77. The molecule has 0 atom stereocenters. The van der Waals surface area contributed by atoms with E-state index in [9.17, 15) is 8.42 Å². The van der Waals surface area contributed by atoms with E-state index in [-0.39, 0.29) is 17.3 Å². The maximum Gasteiger partial charge on any atom is 0.242 e. The van der Waals surface area contributed by atoms with Gasteiger partial charge >= 0.3 is 0 Å². The Morgan fingerprint density at radius 2 is 2.10 bits per heavy atom. The minimum absolute atomic E-state index is 0. The molecule has 21 heavy (non-hydrogen) atoms. The van der Waals surface area contributed by atoms with Gasteiger partial charge in [0, 0.05) is 25.2 Å². The van der Waals surface area contributed by atoms with E-state index in [1.165, 1.54) is 6.20 Å². The number of hydrogen-bond acceptors (Lipinski definition) is 5. The Labute approximate surface area is 130 Å². The Kier molecular flexibility index (Phi) is 6.09. The molecule has 3 N–H and O–H groups in total. The first kappa shape index (κ1) is 17.8. The maximum atomic E-state index is 12.1. The molecule has 0 amide bonds. The summed E-state index contributed by atoms with van der Waals surface area (Å²) in [6.07, 6.45) is 2.87.